The fourth-order valence-electron chi connectivity index (χ4n) is 2.42. The van der Waals surface area contributed by atoms with Crippen LogP contribution < -0.4 is 5.32 Å². The molecule has 0 aliphatic carbocycles. The first-order chi connectivity index (χ1) is 9.93. The van der Waals surface area contributed by atoms with Crippen LogP contribution in [0.3, 0.4) is 0 Å². The van der Waals surface area contributed by atoms with Crippen molar-refractivity contribution in [3.05, 3.63) is 36.0 Å². The Bertz CT molecular complexity index is 644. The summed E-state index contributed by atoms with van der Waals surface area (Å²) in [4.78, 5) is 0. The van der Waals surface area contributed by atoms with E-state index in [1.807, 2.05) is 13.8 Å². The van der Waals surface area contributed by atoms with E-state index in [-0.39, 0.29) is 5.41 Å². The second kappa shape index (κ2) is 6.32. The Hall–Kier alpha value is -1.79. The Morgan fingerprint density at radius 3 is 2.67 bits per heavy atom. The number of hydrogen-bond acceptors (Lipinski definition) is 2. The second-order valence-corrected chi connectivity index (χ2v) is 6.65. The molecule has 0 aliphatic heterocycles. The van der Waals surface area contributed by atoms with Gasteiger partial charge in [0.2, 0.25) is 0 Å². The van der Waals surface area contributed by atoms with E-state index < -0.39 is 0 Å². The van der Waals surface area contributed by atoms with Crippen molar-refractivity contribution in [3.63, 3.8) is 0 Å². The summed E-state index contributed by atoms with van der Waals surface area (Å²) >= 11 is 0. The lowest BCUT2D eigenvalue weighted by Gasteiger charge is -2.15. The summed E-state index contributed by atoms with van der Waals surface area (Å²) in [6.45, 7) is 10.1. The molecule has 0 bridgehead atoms. The molecule has 0 atom stereocenters. The highest BCUT2D eigenvalue weighted by atomic mass is 15.0. The topological polar surface area (TPSA) is 40.8 Å². The monoisotopic (exact) mass is 283 g/mol. The Kier molecular flexibility index (Phi) is 4.69. The maximum absolute atomic E-state index is 9.17. The Morgan fingerprint density at radius 2 is 2.00 bits per heavy atom. The zero-order valence-electron chi connectivity index (χ0n) is 13.5. The van der Waals surface area contributed by atoms with Crippen LogP contribution in [0.25, 0.3) is 10.9 Å². The van der Waals surface area contributed by atoms with Crippen LogP contribution in [0.15, 0.2) is 30.5 Å². The highest BCUT2D eigenvalue weighted by Crippen LogP contribution is 2.25. The number of aryl methyl sites for hydroxylation is 1. The van der Waals surface area contributed by atoms with E-state index in [1.165, 1.54) is 16.5 Å². The fourth-order valence-corrected chi connectivity index (χ4v) is 2.42. The number of nitriles is 1. The number of hydrogen-bond donors (Lipinski definition) is 1. The van der Waals surface area contributed by atoms with Gasteiger partial charge in [-0.3, -0.25) is 0 Å². The summed E-state index contributed by atoms with van der Waals surface area (Å²) in [6.07, 6.45) is 3.09. The molecule has 1 aromatic heterocycles. The van der Waals surface area contributed by atoms with Crippen molar-refractivity contribution >= 4 is 10.9 Å². The lowest BCUT2D eigenvalue weighted by atomic mass is 9.91. The number of nitrogens with zero attached hydrogens (tertiary/aromatic N) is 2. The summed E-state index contributed by atoms with van der Waals surface area (Å²) in [5, 5.41) is 14.0. The zero-order chi connectivity index (χ0) is 15.5. The molecular weight excluding hydrogens is 258 g/mol. The van der Waals surface area contributed by atoms with Crippen LogP contribution in [0.4, 0.5) is 0 Å². The number of aromatic nitrogens is 1. The van der Waals surface area contributed by atoms with E-state index in [4.69, 9.17) is 5.26 Å². The maximum atomic E-state index is 9.17. The average Bonchev–Trinajstić information content (AvgIpc) is 2.81. The molecule has 0 amide bonds. The molecule has 1 aromatic carbocycles. The smallest absolute Gasteiger partial charge is 0.0684 e. The summed E-state index contributed by atoms with van der Waals surface area (Å²) in [7, 11) is 0. The predicted octanol–water partition coefficient (Wildman–Crippen LogP) is 4.08. The minimum atomic E-state index is -0.276. The van der Waals surface area contributed by atoms with Gasteiger partial charge in [0.1, 0.15) is 0 Å². The summed E-state index contributed by atoms with van der Waals surface area (Å²) in [5.41, 5.74) is 2.31. The molecule has 21 heavy (non-hydrogen) atoms. The van der Waals surface area contributed by atoms with E-state index in [0.29, 0.717) is 6.04 Å². The third kappa shape index (κ3) is 3.86. The van der Waals surface area contributed by atoms with Crippen LogP contribution in [-0.4, -0.2) is 10.6 Å². The molecule has 0 saturated heterocycles. The Labute approximate surface area is 127 Å². The van der Waals surface area contributed by atoms with Crippen molar-refractivity contribution in [1.82, 2.24) is 9.88 Å². The van der Waals surface area contributed by atoms with Gasteiger partial charge in [-0.05, 0) is 31.9 Å². The third-order valence-corrected chi connectivity index (χ3v) is 3.85. The van der Waals surface area contributed by atoms with E-state index in [2.05, 4.69) is 60.3 Å². The molecule has 1 heterocycles. The largest absolute Gasteiger partial charge is 0.347 e. The molecule has 112 valence electrons. The molecule has 2 aromatic rings. The van der Waals surface area contributed by atoms with Gasteiger partial charge in [0.05, 0.1) is 11.5 Å². The van der Waals surface area contributed by atoms with Crippen LogP contribution in [0, 0.1) is 16.7 Å². The van der Waals surface area contributed by atoms with Crippen molar-refractivity contribution in [1.29, 1.82) is 5.26 Å². The minimum absolute atomic E-state index is 0.276. The van der Waals surface area contributed by atoms with Gasteiger partial charge in [0.15, 0.2) is 0 Å². The number of fused-ring (bicyclic) bond motifs is 1. The van der Waals surface area contributed by atoms with Gasteiger partial charge in [0, 0.05) is 36.2 Å². The van der Waals surface area contributed by atoms with Crippen LogP contribution in [0.2, 0.25) is 0 Å². The second-order valence-electron chi connectivity index (χ2n) is 6.65. The Balaban J connectivity index is 2.26. The molecule has 3 nitrogen and oxygen atoms in total. The number of rotatable bonds is 6. The highest BCUT2D eigenvalue weighted by Gasteiger charge is 2.17. The molecule has 1 N–H and O–H groups in total. The van der Waals surface area contributed by atoms with Crippen LogP contribution in [0.5, 0.6) is 0 Å². The van der Waals surface area contributed by atoms with Gasteiger partial charge < -0.3 is 9.88 Å². The van der Waals surface area contributed by atoms with E-state index in [9.17, 15) is 0 Å². The van der Waals surface area contributed by atoms with E-state index >= 15 is 0 Å². The van der Waals surface area contributed by atoms with Gasteiger partial charge in [-0.25, -0.2) is 0 Å². The van der Waals surface area contributed by atoms with Gasteiger partial charge in [-0.15, -0.1) is 0 Å². The third-order valence-electron chi connectivity index (χ3n) is 3.85. The normalized spacial score (nSPS) is 12.0. The SMILES string of the molecule is CC(C)NCc1cn(CCC(C)(C)C#N)c2ccccc12. The standard InChI is InChI=1S/C18H25N3/c1-14(2)20-11-15-12-21(10-9-18(3,4)13-19)17-8-6-5-7-16(15)17/h5-8,12,14,20H,9-11H2,1-4H3. The summed E-state index contributed by atoms with van der Waals surface area (Å²) in [5.74, 6) is 0. The minimum Gasteiger partial charge on any atom is -0.347 e. The van der Waals surface area contributed by atoms with E-state index in [0.717, 1.165) is 19.5 Å². The highest BCUT2D eigenvalue weighted by molar-refractivity contribution is 5.83. The van der Waals surface area contributed by atoms with Crippen molar-refractivity contribution in [2.45, 2.75) is 53.2 Å². The summed E-state index contributed by atoms with van der Waals surface area (Å²) < 4.78 is 2.28. The molecule has 0 saturated carbocycles. The van der Waals surface area contributed by atoms with Crippen molar-refractivity contribution < 1.29 is 0 Å². The van der Waals surface area contributed by atoms with Crippen molar-refractivity contribution in [2.75, 3.05) is 0 Å². The maximum Gasteiger partial charge on any atom is 0.0684 e. The summed E-state index contributed by atoms with van der Waals surface area (Å²) in [6, 6.07) is 11.4. The first kappa shape index (κ1) is 15.6. The first-order valence-corrected chi connectivity index (χ1v) is 7.64. The lowest BCUT2D eigenvalue weighted by Crippen LogP contribution is -2.21. The molecule has 0 spiro atoms. The molecule has 0 radical (unpaired) electrons. The van der Waals surface area contributed by atoms with Gasteiger partial charge in [-0.1, -0.05) is 32.0 Å². The molecule has 0 unspecified atom stereocenters. The molecular formula is C18H25N3. The molecule has 0 aliphatic rings. The predicted molar refractivity (Wildman–Crippen MR) is 87.9 cm³/mol. The van der Waals surface area contributed by atoms with Crippen LogP contribution in [0.1, 0.15) is 39.7 Å². The molecule has 3 heteroatoms. The number of benzene rings is 1. The lowest BCUT2D eigenvalue weighted by molar-refractivity contribution is 0.417. The number of para-hydroxylation sites is 1. The molecule has 2 rings (SSSR count). The van der Waals surface area contributed by atoms with Crippen LogP contribution in [-0.2, 0) is 13.1 Å². The van der Waals surface area contributed by atoms with Crippen molar-refractivity contribution in [3.8, 4) is 6.07 Å². The average molecular weight is 283 g/mol. The Morgan fingerprint density at radius 1 is 1.29 bits per heavy atom. The first-order valence-electron chi connectivity index (χ1n) is 7.64. The van der Waals surface area contributed by atoms with Crippen molar-refractivity contribution in [2.24, 2.45) is 5.41 Å². The quantitative estimate of drug-likeness (QED) is 0.868. The van der Waals surface area contributed by atoms with Gasteiger partial charge >= 0.3 is 0 Å². The molecule has 0 fully saturated rings. The van der Waals surface area contributed by atoms with Gasteiger partial charge in [0.25, 0.3) is 0 Å². The van der Waals surface area contributed by atoms with Gasteiger partial charge in [-0.2, -0.15) is 5.26 Å². The fraction of sp³-hybridized carbons (Fsp3) is 0.500. The zero-order valence-corrected chi connectivity index (χ0v) is 13.5. The number of nitrogens with one attached hydrogen (secondary N) is 1. The van der Waals surface area contributed by atoms with Crippen LogP contribution >= 0.6 is 0 Å². The van der Waals surface area contributed by atoms with E-state index in [1.54, 1.807) is 0 Å².